The molecule has 0 aliphatic heterocycles. The van der Waals surface area contributed by atoms with Gasteiger partial charge in [0, 0.05) is 23.1 Å². The predicted molar refractivity (Wildman–Crippen MR) is 104 cm³/mol. The normalized spacial score (nSPS) is 14.8. The minimum atomic E-state index is 0.651. The molecule has 126 valence electrons. The third-order valence-corrected chi connectivity index (χ3v) is 5.19. The summed E-state index contributed by atoms with van der Waals surface area (Å²) in [6.45, 7) is 4.09. The molecule has 0 saturated heterocycles. The Kier molecular flexibility index (Phi) is 4.35. The van der Waals surface area contributed by atoms with Crippen molar-refractivity contribution in [1.82, 2.24) is 9.97 Å². The van der Waals surface area contributed by atoms with E-state index in [1.165, 1.54) is 42.4 Å². The van der Waals surface area contributed by atoms with E-state index in [2.05, 4.69) is 59.7 Å². The third kappa shape index (κ3) is 3.34. The van der Waals surface area contributed by atoms with Gasteiger partial charge in [-0.15, -0.1) is 0 Å². The van der Waals surface area contributed by atoms with Crippen molar-refractivity contribution < 1.29 is 0 Å². The SMILES string of the molecule is Cc1cc(-c2cc(-c3ccccc3)c(C3CCCC3)cn2)cc(C)n1. The van der Waals surface area contributed by atoms with Crippen molar-refractivity contribution in [2.75, 3.05) is 0 Å². The van der Waals surface area contributed by atoms with Gasteiger partial charge in [-0.05, 0) is 67.5 Å². The van der Waals surface area contributed by atoms with Gasteiger partial charge in [-0.25, -0.2) is 0 Å². The van der Waals surface area contributed by atoms with Crippen LogP contribution in [0.3, 0.4) is 0 Å². The molecule has 2 heterocycles. The number of hydrogen-bond acceptors (Lipinski definition) is 2. The molecule has 0 spiro atoms. The summed E-state index contributed by atoms with van der Waals surface area (Å²) in [4.78, 5) is 9.33. The smallest absolute Gasteiger partial charge is 0.0709 e. The first-order valence-electron chi connectivity index (χ1n) is 9.22. The minimum absolute atomic E-state index is 0.651. The van der Waals surface area contributed by atoms with E-state index in [9.17, 15) is 0 Å². The first-order valence-corrected chi connectivity index (χ1v) is 9.22. The fraction of sp³-hybridized carbons (Fsp3) is 0.304. The molecule has 0 bridgehead atoms. The van der Waals surface area contributed by atoms with Gasteiger partial charge in [-0.2, -0.15) is 0 Å². The predicted octanol–water partition coefficient (Wildman–Crippen LogP) is 6.09. The molecule has 0 amide bonds. The zero-order chi connectivity index (χ0) is 17.2. The van der Waals surface area contributed by atoms with Gasteiger partial charge in [-0.1, -0.05) is 43.2 Å². The maximum Gasteiger partial charge on any atom is 0.0709 e. The Bertz CT molecular complexity index is 858. The average molecular weight is 328 g/mol. The van der Waals surface area contributed by atoms with Gasteiger partial charge in [-0.3, -0.25) is 9.97 Å². The van der Waals surface area contributed by atoms with Gasteiger partial charge >= 0.3 is 0 Å². The highest BCUT2D eigenvalue weighted by molar-refractivity contribution is 5.73. The summed E-state index contributed by atoms with van der Waals surface area (Å²) in [5.41, 5.74) is 8.31. The highest BCUT2D eigenvalue weighted by Gasteiger charge is 2.21. The molecule has 0 atom stereocenters. The van der Waals surface area contributed by atoms with E-state index < -0.39 is 0 Å². The largest absolute Gasteiger partial charge is 0.258 e. The van der Waals surface area contributed by atoms with Crippen LogP contribution in [0.5, 0.6) is 0 Å². The lowest BCUT2D eigenvalue weighted by atomic mass is 9.90. The standard InChI is InChI=1S/C23H24N2/c1-16-12-20(13-17(2)25-16)23-14-21(18-8-4-3-5-9-18)22(15-24-23)19-10-6-7-11-19/h3-5,8-9,12-15,19H,6-7,10-11H2,1-2H3. The van der Waals surface area contributed by atoms with Crippen LogP contribution in [-0.2, 0) is 0 Å². The number of aromatic nitrogens is 2. The number of hydrogen-bond donors (Lipinski definition) is 0. The second kappa shape index (κ2) is 6.79. The molecule has 2 nitrogen and oxygen atoms in total. The van der Waals surface area contributed by atoms with Crippen molar-refractivity contribution in [2.24, 2.45) is 0 Å². The van der Waals surface area contributed by atoms with E-state index in [1.807, 2.05) is 13.8 Å². The maximum atomic E-state index is 4.83. The van der Waals surface area contributed by atoms with E-state index in [-0.39, 0.29) is 0 Å². The van der Waals surface area contributed by atoms with Crippen LogP contribution in [0, 0.1) is 13.8 Å². The molecule has 0 unspecified atom stereocenters. The van der Waals surface area contributed by atoms with Crippen molar-refractivity contribution in [3.05, 3.63) is 71.7 Å². The Hall–Kier alpha value is -2.48. The monoisotopic (exact) mass is 328 g/mol. The van der Waals surface area contributed by atoms with E-state index >= 15 is 0 Å². The second-order valence-electron chi connectivity index (χ2n) is 7.14. The van der Waals surface area contributed by atoms with Crippen LogP contribution >= 0.6 is 0 Å². The van der Waals surface area contributed by atoms with Crippen LogP contribution < -0.4 is 0 Å². The molecule has 2 heteroatoms. The summed E-state index contributed by atoms with van der Waals surface area (Å²) in [7, 11) is 0. The average Bonchev–Trinajstić information content (AvgIpc) is 3.16. The quantitative estimate of drug-likeness (QED) is 0.582. The minimum Gasteiger partial charge on any atom is -0.258 e. The van der Waals surface area contributed by atoms with Crippen LogP contribution in [-0.4, -0.2) is 9.97 Å². The summed E-state index contributed by atoms with van der Waals surface area (Å²) in [6.07, 6.45) is 7.37. The first-order chi connectivity index (χ1) is 12.2. The zero-order valence-corrected chi connectivity index (χ0v) is 15.0. The number of aryl methyl sites for hydroxylation is 2. The van der Waals surface area contributed by atoms with Crippen molar-refractivity contribution in [3.8, 4) is 22.4 Å². The fourth-order valence-corrected chi connectivity index (χ4v) is 4.04. The van der Waals surface area contributed by atoms with Gasteiger partial charge in [0.2, 0.25) is 0 Å². The van der Waals surface area contributed by atoms with Crippen LogP contribution in [0.25, 0.3) is 22.4 Å². The topological polar surface area (TPSA) is 25.8 Å². The molecule has 1 aliphatic rings. The van der Waals surface area contributed by atoms with E-state index in [0.29, 0.717) is 5.92 Å². The molecule has 4 rings (SSSR count). The van der Waals surface area contributed by atoms with E-state index in [0.717, 1.165) is 22.6 Å². The van der Waals surface area contributed by atoms with Gasteiger partial charge < -0.3 is 0 Å². The molecule has 1 aliphatic carbocycles. The van der Waals surface area contributed by atoms with Crippen LogP contribution in [0.2, 0.25) is 0 Å². The molecular weight excluding hydrogens is 304 g/mol. The van der Waals surface area contributed by atoms with Crippen molar-refractivity contribution in [3.63, 3.8) is 0 Å². The van der Waals surface area contributed by atoms with Crippen molar-refractivity contribution >= 4 is 0 Å². The fourth-order valence-electron chi connectivity index (χ4n) is 4.04. The number of nitrogens with zero attached hydrogens (tertiary/aromatic N) is 2. The molecule has 1 fully saturated rings. The van der Waals surface area contributed by atoms with Gasteiger partial charge in [0.05, 0.1) is 5.69 Å². The molecule has 3 aromatic rings. The summed E-state index contributed by atoms with van der Waals surface area (Å²) >= 11 is 0. The summed E-state index contributed by atoms with van der Waals surface area (Å²) in [5.74, 6) is 0.651. The van der Waals surface area contributed by atoms with Crippen molar-refractivity contribution in [2.45, 2.75) is 45.4 Å². The number of rotatable bonds is 3. The Labute approximate surface area is 150 Å². The molecule has 0 N–H and O–H groups in total. The molecule has 1 aromatic carbocycles. The molecule has 2 aromatic heterocycles. The van der Waals surface area contributed by atoms with Crippen molar-refractivity contribution in [1.29, 1.82) is 0 Å². The highest BCUT2D eigenvalue weighted by Crippen LogP contribution is 2.40. The number of benzene rings is 1. The lowest BCUT2D eigenvalue weighted by Crippen LogP contribution is -1.99. The molecule has 25 heavy (non-hydrogen) atoms. The van der Waals surface area contributed by atoms with Gasteiger partial charge in [0.15, 0.2) is 0 Å². The first kappa shape index (κ1) is 16.0. The Morgan fingerprint density at radius 3 is 2.20 bits per heavy atom. The van der Waals surface area contributed by atoms with Crippen LogP contribution in [0.4, 0.5) is 0 Å². The Balaban J connectivity index is 1.85. The summed E-state index contributed by atoms with van der Waals surface area (Å²) in [6, 6.07) is 17.3. The zero-order valence-electron chi connectivity index (χ0n) is 15.0. The lowest BCUT2D eigenvalue weighted by molar-refractivity contribution is 0.721. The molecular formula is C23H24N2. The summed E-state index contributed by atoms with van der Waals surface area (Å²) in [5, 5.41) is 0. The van der Waals surface area contributed by atoms with E-state index in [4.69, 9.17) is 4.98 Å². The Morgan fingerprint density at radius 2 is 1.52 bits per heavy atom. The highest BCUT2D eigenvalue weighted by atomic mass is 14.7. The summed E-state index contributed by atoms with van der Waals surface area (Å²) < 4.78 is 0. The van der Waals surface area contributed by atoms with Crippen LogP contribution in [0.15, 0.2) is 54.7 Å². The van der Waals surface area contributed by atoms with Gasteiger partial charge in [0.1, 0.15) is 0 Å². The molecule has 0 radical (unpaired) electrons. The van der Waals surface area contributed by atoms with E-state index in [1.54, 1.807) is 0 Å². The second-order valence-corrected chi connectivity index (χ2v) is 7.14. The lowest BCUT2D eigenvalue weighted by Gasteiger charge is -2.17. The third-order valence-electron chi connectivity index (χ3n) is 5.19. The maximum absolute atomic E-state index is 4.83. The molecule has 1 saturated carbocycles. The Morgan fingerprint density at radius 1 is 0.840 bits per heavy atom. The van der Waals surface area contributed by atoms with Gasteiger partial charge in [0.25, 0.3) is 0 Å². The number of pyridine rings is 2. The van der Waals surface area contributed by atoms with Crippen LogP contribution in [0.1, 0.15) is 48.6 Å².